The van der Waals surface area contributed by atoms with Gasteiger partial charge in [0.2, 0.25) is 11.8 Å². The Labute approximate surface area is 126 Å². The number of rotatable bonds is 4. The van der Waals surface area contributed by atoms with E-state index < -0.39 is 6.04 Å². The minimum atomic E-state index is -0.630. The number of carbonyl (C=O) groups is 2. The zero-order chi connectivity index (χ0) is 16.2. The third-order valence-corrected chi connectivity index (χ3v) is 3.29. The summed E-state index contributed by atoms with van der Waals surface area (Å²) in [5.74, 6) is -0.475. The first-order valence-electron chi connectivity index (χ1n) is 6.98. The molecule has 0 aliphatic rings. The number of amides is 2. The highest BCUT2D eigenvalue weighted by Gasteiger charge is 2.30. The fourth-order valence-corrected chi connectivity index (χ4v) is 1.74. The molecule has 0 aliphatic carbocycles. The molecule has 3 N–H and O–H groups in total. The van der Waals surface area contributed by atoms with E-state index in [4.69, 9.17) is 5.73 Å². The average molecular weight is 291 g/mol. The van der Waals surface area contributed by atoms with E-state index in [1.165, 1.54) is 4.90 Å². The van der Waals surface area contributed by atoms with Crippen molar-refractivity contribution in [1.29, 1.82) is 0 Å². The van der Waals surface area contributed by atoms with Crippen molar-refractivity contribution >= 4 is 17.5 Å². The Morgan fingerprint density at radius 3 is 2.24 bits per heavy atom. The Kier molecular flexibility index (Phi) is 5.49. The van der Waals surface area contributed by atoms with Gasteiger partial charge in [-0.05, 0) is 24.5 Å². The number of nitrogens with zero attached hydrogens (tertiary/aromatic N) is 1. The summed E-state index contributed by atoms with van der Waals surface area (Å²) in [6, 6.07) is 6.86. The van der Waals surface area contributed by atoms with E-state index in [-0.39, 0.29) is 23.8 Å². The quantitative estimate of drug-likeness (QED) is 0.887. The van der Waals surface area contributed by atoms with E-state index in [2.05, 4.69) is 5.32 Å². The van der Waals surface area contributed by atoms with E-state index in [9.17, 15) is 9.59 Å². The third-order valence-electron chi connectivity index (χ3n) is 3.29. The van der Waals surface area contributed by atoms with E-state index in [1.807, 2.05) is 52.0 Å². The molecular weight excluding hydrogens is 266 g/mol. The Morgan fingerprint density at radius 2 is 1.76 bits per heavy atom. The molecule has 21 heavy (non-hydrogen) atoms. The lowest BCUT2D eigenvalue weighted by Crippen LogP contribution is -2.50. The third kappa shape index (κ3) is 5.19. The Hall–Kier alpha value is -1.88. The zero-order valence-corrected chi connectivity index (χ0v) is 13.4. The summed E-state index contributed by atoms with van der Waals surface area (Å²) < 4.78 is 0. The van der Waals surface area contributed by atoms with Gasteiger partial charge < -0.3 is 16.0 Å². The van der Waals surface area contributed by atoms with Crippen molar-refractivity contribution in [2.75, 3.05) is 18.9 Å². The highest BCUT2D eigenvalue weighted by Crippen LogP contribution is 2.18. The molecule has 0 bridgehead atoms. The highest BCUT2D eigenvalue weighted by molar-refractivity contribution is 5.95. The fourth-order valence-electron chi connectivity index (χ4n) is 1.74. The summed E-state index contributed by atoms with van der Waals surface area (Å²) in [6.07, 6.45) is 0. The predicted molar refractivity (Wildman–Crippen MR) is 84.9 cm³/mol. The second-order valence-corrected chi connectivity index (χ2v) is 6.45. The average Bonchev–Trinajstić information content (AvgIpc) is 2.38. The minimum absolute atomic E-state index is 0.0174. The number of nitrogens with one attached hydrogen (secondary N) is 1. The van der Waals surface area contributed by atoms with Crippen molar-refractivity contribution < 1.29 is 9.59 Å². The van der Waals surface area contributed by atoms with Crippen molar-refractivity contribution in [2.45, 2.75) is 33.7 Å². The van der Waals surface area contributed by atoms with E-state index in [0.29, 0.717) is 5.69 Å². The molecule has 0 spiro atoms. The van der Waals surface area contributed by atoms with Gasteiger partial charge in [-0.3, -0.25) is 9.59 Å². The Balaban J connectivity index is 2.58. The molecule has 5 nitrogen and oxygen atoms in total. The summed E-state index contributed by atoms with van der Waals surface area (Å²) in [5, 5.41) is 2.76. The molecule has 0 saturated carbocycles. The first kappa shape index (κ1) is 17.2. The van der Waals surface area contributed by atoms with Gasteiger partial charge in [0.15, 0.2) is 0 Å². The molecule has 1 aromatic carbocycles. The second kappa shape index (κ2) is 6.72. The van der Waals surface area contributed by atoms with E-state index in [1.54, 1.807) is 7.05 Å². The van der Waals surface area contributed by atoms with Gasteiger partial charge in [-0.15, -0.1) is 0 Å². The molecule has 0 saturated heterocycles. The normalized spacial score (nSPS) is 12.7. The maximum atomic E-state index is 12.1. The number of aryl methyl sites for hydroxylation is 1. The zero-order valence-electron chi connectivity index (χ0n) is 13.4. The van der Waals surface area contributed by atoms with Crippen LogP contribution in [-0.4, -0.2) is 36.3 Å². The number of carbonyl (C=O) groups excluding carboxylic acids is 2. The van der Waals surface area contributed by atoms with Gasteiger partial charge in [0, 0.05) is 12.7 Å². The molecule has 0 aliphatic heterocycles. The predicted octanol–water partition coefficient (Wildman–Crippen LogP) is 1.77. The first-order valence-corrected chi connectivity index (χ1v) is 6.98. The molecule has 0 radical (unpaired) electrons. The SMILES string of the molecule is Cc1ccc(NC(=O)CN(C)C(=O)[C@@H](N)C(C)(C)C)cc1. The highest BCUT2D eigenvalue weighted by atomic mass is 16.2. The number of benzene rings is 1. The topological polar surface area (TPSA) is 75.4 Å². The Bertz CT molecular complexity index is 503. The Morgan fingerprint density at radius 1 is 1.24 bits per heavy atom. The van der Waals surface area contributed by atoms with Crippen molar-refractivity contribution in [1.82, 2.24) is 4.90 Å². The molecule has 116 valence electrons. The number of likely N-dealkylation sites (N-methyl/N-ethyl adjacent to an activating group) is 1. The molecule has 5 heteroatoms. The molecule has 0 unspecified atom stereocenters. The molecule has 2 amide bonds. The fraction of sp³-hybridized carbons (Fsp3) is 0.500. The number of nitrogens with two attached hydrogens (primary N) is 1. The molecule has 1 atom stereocenters. The standard InChI is InChI=1S/C16H25N3O2/c1-11-6-8-12(9-7-11)18-13(20)10-19(5)15(21)14(17)16(2,3)4/h6-9,14H,10,17H2,1-5H3,(H,18,20)/t14-/m1/s1. The van der Waals surface area contributed by atoms with Gasteiger partial charge in [-0.2, -0.15) is 0 Å². The summed E-state index contributed by atoms with van der Waals surface area (Å²) in [6.45, 7) is 7.66. The largest absolute Gasteiger partial charge is 0.335 e. The van der Waals surface area contributed by atoms with Crippen LogP contribution in [0.25, 0.3) is 0 Å². The van der Waals surface area contributed by atoms with Crippen LogP contribution in [0.4, 0.5) is 5.69 Å². The lowest BCUT2D eigenvalue weighted by molar-refractivity contribution is -0.136. The van der Waals surface area contributed by atoms with Crippen LogP contribution in [0.5, 0.6) is 0 Å². The van der Waals surface area contributed by atoms with Crippen LogP contribution in [0, 0.1) is 12.3 Å². The van der Waals surface area contributed by atoms with Gasteiger partial charge >= 0.3 is 0 Å². The first-order chi connectivity index (χ1) is 9.61. The maximum Gasteiger partial charge on any atom is 0.243 e. The van der Waals surface area contributed by atoms with Crippen LogP contribution >= 0.6 is 0 Å². The van der Waals surface area contributed by atoms with Crippen LogP contribution in [0.3, 0.4) is 0 Å². The second-order valence-electron chi connectivity index (χ2n) is 6.45. The number of hydrogen-bond donors (Lipinski definition) is 2. The maximum absolute atomic E-state index is 12.1. The van der Waals surface area contributed by atoms with Crippen LogP contribution in [0.2, 0.25) is 0 Å². The summed E-state index contributed by atoms with van der Waals surface area (Å²) >= 11 is 0. The molecule has 0 fully saturated rings. The smallest absolute Gasteiger partial charge is 0.243 e. The molecule has 1 rings (SSSR count). The van der Waals surface area contributed by atoms with Crippen LogP contribution in [0.1, 0.15) is 26.3 Å². The van der Waals surface area contributed by atoms with E-state index >= 15 is 0 Å². The van der Waals surface area contributed by atoms with Crippen molar-refractivity contribution in [3.8, 4) is 0 Å². The van der Waals surface area contributed by atoms with Crippen LogP contribution in [0.15, 0.2) is 24.3 Å². The van der Waals surface area contributed by atoms with E-state index in [0.717, 1.165) is 5.56 Å². The van der Waals surface area contributed by atoms with Gasteiger partial charge in [0.1, 0.15) is 0 Å². The monoisotopic (exact) mass is 291 g/mol. The van der Waals surface area contributed by atoms with Crippen molar-refractivity contribution in [2.24, 2.45) is 11.1 Å². The molecule has 0 aromatic heterocycles. The van der Waals surface area contributed by atoms with Crippen LogP contribution in [-0.2, 0) is 9.59 Å². The molecular formula is C16H25N3O2. The summed E-state index contributed by atoms with van der Waals surface area (Å²) in [4.78, 5) is 25.4. The molecule has 0 heterocycles. The minimum Gasteiger partial charge on any atom is -0.335 e. The summed E-state index contributed by atoms with van der Waals surface area (Å²) in [7, 11) is 1.59. The van der Waals surface area contributed by atoms with Crippen molar-refractivity contribution in [3.63, 3.8) is 0 Å². The molecule has 1 aromatic rings. The number of anilines is 1. The lowest BCUT2D eigenvalue weighted by Gasteiger charge is -2.29. The van der Waals surface area contributed by atoms with Gasteiger partial charge in [-0.25, -0.2) is 0 Å². The van der Waals surface area contributed by atoms with Crippen molar-refractivity contribution in [3.05, 3.63) is 29.8 Å². The van der Waals surface area contributed by atoms with Gasteiger partial charge in [0.25, 0.3) is 0 Å². The van der Waals surface area contributed by atoms with Gasteiger partial charge in [-0.1, -0.05) is 38.5 Å². The summed E-state index contributed by atoms with van der Waals surface area (Å²) in [5.41, 5.74) is 7.42. The number of hydrogen-bond acceptors (Lipinski definition) is 3. The van der Waals surface area contributed by atoms with Gasteiger partial charge in [0.05, 0.1) is 12.6 Å². The van der Waals surface area contributed by atoms with Crippen LogP contribution < -0.4 is 11.1 Å². The lowest BCUT2D eigenvalue weighted by atomic mass is 9.86.